The molecular weight excluding hydrogens is 420 g/mol. The summed E-state index contributed by atoms with van der Waals surface area (Å²) in [5.74, 6) is 0. The van der Waals surface area contributed by atoms with E-state index in [-0.39, 0.29) is 12.6 Å². The summed E-state index contributed by atoms with van der Waals surface area (Å²) in [6.45, 7) is 8.11. The number of benzene rings is 1. The Morgan fingerprint density at radius 3 is 2.52 bits per heavy atom. The number of rotatable bonds is 9. The molecule has 0 aliphatic rings. The molecule has 31 heavy (non-hydrogen) atoms. The van der Waals surface area contributed by atoms with E-state index in [0.29, 0.717) is 29.6 Å². The fraction of sp³-hybridized carbons (Fsp3) is 0.476. The molecule has 2 rings (SSSR count). The predicted molar refractivity (Wildman–Crippen MR) is 121 cm³/mol. The molecule has 0 atom stereocenters. The molecule has 0 unspecified atom stereocenters. The monoisotopic (exact) mass is 450 g/mol. The van der Waals surface area contributed by atoms with Crippen molar-refractivity contribution in [2.24, 2.45) is 0 Å². The molecule has 10 heteroatoms. The maximum atomic E-state index is 12.4. The van der Waals surface area contributed by atoms with E-state index < -0.39 is 11.8 Å². The second kappa shape index (κ2) is 11.5. The summed E-state index contributed by atoms with van der Waals surface area (Å²) < 4.78 is 5.05. The van der Waals surface area contributed by atoms with Crippen LogP contribution in [0.4, 0.5) is 20.4 Å². The van der Waals surface area contributed by atoms with Gasteiger partial charge in [0.05, 0.1) is 12.3 Å². The molecule has 9 nitrogen and oxygen atoms in total. The third kappa shape index (κ3) is 8.42. The first-order valence-corrected chi connectivity index (χ1v) is 11.0. The number of aromatic nitrogens is 1. The summed E-state index contributed by atoms with van der Waals surface area (Å²) in [5.41, 5.74) is 4.03. The number of urea groups is 1. The van der Waals surface area contributed by atoms with E-state index in [1.165, 1.54) is 11.3 Å². The molecular formula is C21H30N4O5S. The molecule has 1 aromatic carbocycles. The van der Waals surface area contributed by atoms with Gasteiger partial charge in [-0.2, -0.15) is 5.48 Å². The quantitative estimate of drug-likeness (QED) is 0.374. The molecule has 0 aliphatic heterocycles. The Kier molecular flexibility index (Phi) is 9.07. The van der Waals surface area contributed by atoms with E-state index in [4.69, 9.17) is 14.7 Å². The number of hydrogen-bond acceptors (Lipinski definition) is 8. The fourth-order valence-corrected chi connectivity index (χ4v) is 3.17. The Bertz CT molecular complexity index is 848. The minimum absolute atomic E-state index is 0.0755. The van der Waals surface area contributed by atoms with Crippen LogP contribution in [0.3, 0.4) is 0 Å². The molecule has 170 valence electrons. The van der Waals surface area contributed by atoms with E-state index >= 15 is 0 Å². The van der Waals surface area contributed by atoms with Gasteiger partial charge in [-0.15, -0.1) is 11.3 Å². The summed E-state index contributed by atoms with van der Waals surface area (Å²) in [7, 11) is 0. The topological polar surface area (TPSA) is 113 Å². The SMILES string of the molecule is CCCCN(CCO)C(=O)Nc1ccc(-c2csc(NOC(=O)OC(C)(C)C)n2)cc1. The highest BCUT2D eigenvalue weighted by atomic mass is 32.1. The Morgan fingerprint density at radius 2 is 1.90 bits per heavy atom. The van der Waals surface area contributed by atoms with Crippen LogP contribution < -0.4 is 10.8 Å². The van der Waals surface area contributed by atoms with Crippen LogP contribution >= 0.6 is 11.3 Å². The van der Waals surface area contributed by atoms with Gasteiger partial charge >= 0.3 is 12.2 Å². The largest absolute Gasteiger partial charge is 0.533 e. The number of thiazole rings is 1. The average Bonchev–Trinajstić information content (AvgIpc) is 3.18. The summed E-state index contributed by atoms with van der Waals surface area (Å²) in [5, 5.41) is 14.2. The average molecular weight is 451 g/mol. The normalized spacial score (nSPS) is 11.0. The molecule has 0 bridgehead atoms. The summed E-state index contributed by atoms with van der Waals surface area (Å²) in [6.07, 6.45) is 1.01. The zero-order valence-electron chi connectivity index (χ0n) is 18.3. The fourth-order valence-electron chi connectivity index (χ4n) is 2.52. The van der Waals surface area contributed by atoms with Crippen LogP contribution in [-0.4, -0.2) is 52.5 Å². The molecule has 0 fully saturated rings. The van der Waals surface area contributed by atoms with Gasteiger partial charge in [-0.05, 0) is 39.3 Å². The lowest BCUT2D eigenvalue weighted by atomic mass is 10.1. The van der Waals surface area contributed by atoms with Crippen LogP contribution in [0.2, 0.25) is 0 Å². The molecule has 1 heterocycles. The van der Waals surface area contributed by atoms with Gasteiger partial charge in [-0.25, -0.2) is 14.6 Å². The van der Waals surface area contributed by atoms with Gasteiger partial charge in [0.1, 0.15) is 5.60 Å². The molecule has 2 amide bonds. The second-order valence-corrected chi connectivity index (χ2v) is 8.64. The second-order valence-electron chi connectivity index (χ2n) is 7.78. The van der Waals surface area contributed by atoms with Crippen molar-refractivity contribution in [3.8, 4) is 11.3 Å². The number of amides is 2. The van der Waals surface area contributed by atoms with Gasteiger partial charge in [-0.3, -0.25) is 0 Å². The number of anilines is 2. The minimum atomic E-state index is -0.835. The lowest BCUT2D eigenvalue weighted by molar-refractivity contribution is 0.00298. The highest BCUT2D eigenvalue weighted by Gasteiger charge is 2.18. The van der Waals surface area contributed by atoms with Crippen molar-refractivity contribution in [1.29, 1.82) is 0 Å². The molecule has 0 radical (unpaired) electrons. The highest BCUT2D eigenvalue weighted by Crippen LogP contribution is 2.26. The van der Waals surface area contributed by atoms with Crippen molar-refractivity contribution >= 4 is 34.3 Å². The number of aliphatic hydroxyl groups excluding tert-OH is 1. The van der Waals surface area contributed by atoms with E-state index in [1.807, 2.05) is 17.5 Å². The zero-order valence-corrected chi connectivity index (χ0v) is 19.1. The lowest BCUT2D eigenvalue weighted by Gasteiger charge is -2.22. The number of nitrogens with zero attached hydrogens (tertiary/aromatic N) is 2. The zero-order chi connectivity index (χ0) is 22.9. The Labute approximate surface area is 186 Å². The van der Waals surface area contributed by atoms with E-state index in [1.54, 1.807) is 37.8 Å². The first-order valence-electron chi connectivity index (χ1n) is 10.1. The first-order chi connectivity index (χ1) is 14.7. The molecule has 0 aliphatic carbocycles. The minimum Gasteiger partial charge on any atom is -0.427 e. The molecule has 1 aromatic heterocycles. The van der Waals surface area contributed by atoms with Crippen LogP contribution in [-0.2, 0) is 9.57 Å². The molecule has 0 saturated heterocycles. The number of aliphatic hydroxyl groups is 1. The van der Waals surface area contributed by atoms with E-state index in [0.717, 1.165) is 18.4 Å². The number of nitrogens with one attached hydrogen (secondary N) is 2. The number of ether oxygens (including phenoxy) is 1. The molecule has 0 spiro atoms. The van der Waals surface area contributed by atoms with Crippen molar-refractivity contribution in [3.63, 3.8) is 0 Å². The molecule has 2 aromatic rings. The maximum Gasteiger partial charge on any atom is 0.533 e. The van der Waals surface area contributed by atoms with Gasteiger partial charge in [0.15, 0.2) is 0 Å². The third-order valence-electron chi connectivity index (χ3n) is 3.99. The summed E-state index contributed by atoms with van der Waals surface area (Å²) in [4.78, 5) is 34.8. The highest BCUT2D eigenvalue weighted by molar-refractivity contribution is 7.14. The van der Waals surface area contributed by atoms with Crippen LogP contribution in [0.5, 0.6) is 0 Å². The van der Waals surface area contributed by atoms with Crippen molar-refractivity contribution in [1.82, 2.24) is 9.88 Å². The number of hydrogen-bond donors (Lipinski definition) is 3. The van der Waals surface area contributed by atoms with Crippen LogP contribution in [0.15, 0.2) is 29.6 Å². The predicted octanol–water partition coefficient (Wildman–Crippen LogP) is 4.72. The first kappa shape index (κ1) is 24.4. The smallest absolute Gasteiger partial charge is 0.427 e. The summed E-state index contributed by atoms with van der Waals surface area (Å²) in [6, 6.07) is 7.01. The van der Waals surface area contributed by atoms with Crippen molar-refractivity contribution in [3.05, 3.63) is 29.6 Å². The van der Waals surface area contributed by atoms with Gasteiger partial charge in [-0.1, -0.05) is 25.5 Å². The van der Waals surface area contributed by atoms with Gasteiger partial charge < -0.3 is 24.9 Å². The molecule has 3 N–H and O–H groups in total. The van der Waals surface area contributed by atoms with Crippen molar-refractivity contribution in [2.75, 3.05) is 30.5 Å². The van der Waals surface area contributed by atoms with Crippen LogP contribution in [0.25, 0.3) is 11.3 Å². The number of unbranched alkanes of at least 4 members (excludes halogenated alkanes) is 1. The number of carbonyl (C=O) groups is 2. The van der Waals surface area contributed by atoms with E-state index in [2.05, 4.69) is 22.7 Å². The number of carbonyl (C=O) groups excluding carboxylic acids is 2. The van der Waals surface area contributed by atoms with Gasteiger partial charge in [0.25, 0.3) is 0 Å². The Balaban J connectivity index is 1.93. The standard InChI is InChI=1S/C21H30N4O5S/c1-5-6-11-25(12-13-26)19(27)22-16-9-7-15(8-10-16)17-14-31-18(23-17)24-30-20(28)29-21(2,3)4/h7-10,14,26H,5-6,11-13H2,1-4H3,(H,22,27)(H,23,24). The Hall–Kier alpha value is -2.85. The lowest BCUT2D eigenvalue weighted by Crippen LogP contribution is -2.37. The van der Waals surface area contributed by atoms with Crippen LogP contribution in [0.1, 0.15) is 40.5 Å². The third-order valence-corrected chi connectivity index (χ3v) is 4.73. The molecule has 0 saturated carbocycles. The van der Waals surface area contributed by atoms with E-state index in [9.17, 15) is 9.59 Å². The maximum absolute atomic E-state index is 12.4. The van der Waals surface area contributed by atoms with Crippen molar-refractivity contribution in [2.45, 2.75) is 46.1 Å². The summed E-state index contributed by atoms with van der Waals surface area (Å²) >= 11 is 1.28. The van der Waals surface area contributed by atoms with Gasteiger partial charge in [0, 0.05) is 29.7 Å². The van der Waals surface area contributed by atoms with Gasteiger partial charge in [0.2, 0.25) is 5.13 Å². The van der Waals surface area contributed by atoms with Crippen molar-refractivity contribution < 1.29 is 24.3 Å². The Morgan fingerprint density at radius 1 is 1.19 bits per heavy atom. The van der Waals surface area contributed by atoms with Crippen LogP contribution in [0, 0.1) is 0 Å².